The summed E-state index contributed by atoms with van der Waals surface area (Å²) in [5.41, 5.74) is 2.26. The fourth-order valence-corrected chi connectivity index (χ4v) is 3.04. The number of hydrogen-bond donors (Lipinski definition) is 1. The lowest BCUT2D eigenvalue weighted by molar-refractivity contribution is -0.114. The van der Waals surface area contributed by atoms with Gasteiger partial charge in [0.2, 0.25) is 11.0 Å². The third kappa shape index (κ3) is 3.60. The topological polar surface area (TPSA) is 51.2 Å². The molecule has 1 aromatic heterocycles. The van der Waals surface area contributed by atoms with E-state index in [4.69, 9.17) is 4.74 Å². The summed E-state index contributed by atoms with van der Waals surface area (Å²) in [6.07, 6.45) is 0. The fraction of sp³-hybridized carbons (Fsp3) is 0.111. The average molecular weight is 342 g/mol. The quantitative estimate of drug-likeness (QED) is 0.725. The number of ether oxygens (including phenoxy) is 1. The molecular formula is C18H15FN2O2S. The van der Waals surface area contributed by atoms with Crippen molar-refractivity contribution in [1.29, 1.82) is 0 Å². The third-order valence-corrected chi connectivity index (χ3v) is 4.14. The van der Waals surface area contributed by atoms with Crippen molar-refractivity contribution >= 4 is 22.4 Å². The van der Waals surface area contributed by atoms with Crippen molar-refractivity contribution in [2.75, 3.05) is 5.32 Å². The Morgan fingerprint density at radius 3 is 2.54 bits per heavy atom. The van der Waals surface area contributed by atoms with Crippen LogP contribution in [0.15, 0.2) is 48.5 Å². The minimum absolute atomic E-state index is 0.211. The lowest BCUT2D eigenvalue weighted by Gasteiger charge is -2.07. The molecule has 0 saturated carbocycles. The zero-order valence-corrected chi connectivity index (χ0v) is 14.0. The first kappa shape index (κ1) is 16.1. The molecule has 0 aliphatic heterocycles. The second kappa shape index (κ2) is 6.80. The van der Waals surface area contributed by atoms with E-state index in [1.54, 1.807) is 12.1 Å². The summed E-state index contributed by atoms with van der Waals surface area (Å²) in [5.74, 6) is 0.174. The molecule has 1 N–H and O–H groups in total. The van der Waals surface area contributed by atoms with Crippen molar-refractivity contribution in [2.45, 2.75) is 13.8 Å². The van der Waals surface area contributed by atoms with Gasteiger partial charge in [-0.1, -0.05) is 29.5 Å². The lowest BCUT2D eigenvalue weighted by atomic mass is 10.1. The van der Waals surface area contributed by atoms with Crippen LogP contribution in [0.1, 0.15) is 12.5 Å². The number of nitrogens with one attached hydrogen (secondary N) is 1. The number of aryl methyl sites for hydroxylation is 1. The largest absolute Gasteiger partial charge is 0.444 e. The van der Waals surface area contributed by atoms with Gasteiger partial charge in [-0.25, -0.2) is 9.37 Å². The smallest absolute Gasteiger partial charge is 0.223 e. The van der Waals surface area contributed by atoms with Gasteiger partial charge in [0.15, 0.2) is 5.13 Å². The Bertz CT molecular complexity index is 875. The molecule has 0 bridgehead atoms. The number of rotatable bonds is 4. The Balaban J connectivity index is 2.02. The summed E-state index contributed by atoms with van der Waals surface area (Å²) in [5, 5.41) is 3.64. The van der Waals surface area contributed by atoms with E-state index in [1.165, 1.54) is 30.4 Å². The number of aromatic nitrogens is 1. The minimum Gasteiger partial charge on any atom is -0.444 e. The molecule has 0 unspecified atom stereocenters. The van der Waals surface area contributed by atoms with Gasteiger partial charge in [-0.15, -0.1) is 0 Å². The number of carbonyl (C=O) groups is 1. The Kier molecular flexibility index (Phi) is 4.57. The number of amides is 1. The van der Waals surface area contributed by atoms with E-state index in [0.29, 0.717) is 27.2 Å². The maximum absolute atomic E-state index is 13.2. The van der Waals surface area contributed by atoms with Gasteiger partial charge in [0, 0.05) is 12.5 Å². The van der Waals surface area contributed by atoms with Crippen LogP contribution in [-0.4, -0.2) is 10.9 Å². The summed E-state index contributed by atoms with van der Waals surface area (Å²) in [4.78, 5) is 15.7. The summed E-state index contributed by atoms with van der Waals surface area (Å²) < 4.78 is 19.2. The first-order valence-corrected chi connectivity index (χ1v) is 8.12. The number of nitrogens with zero attached hydrogens (tertiary/aromatic N) is 1. The highest BCUT2D eigenvalue weighted by atomic mass is 32.1. The van der Waals surface area contributed by atoms with Crippen LogP contribution in [0.5, 0.6) is 10.8 Å². The molecule has 0 aliphatic rings. The van der Waals surface area contributed by atoms with Crippen LogP contribution in [-0.2, 0) is 4.79 Å². The van der Waals surface area contributed by atoms with Crippen LogP contribution in [0.2, 0.25) is 0 Å². The zero-order chi connectivity index (χ0) is 17.1. The minimum atomic E-state index is -0.322. The van der Waals surface area contributed by atoms with Crippen LogP contribution in [0.25, 0.3) is 11.3 Å². The predicted molar refractivity (Wildman–Crippen MR) is 93.1 cm³/mol. The first-order valence-electron chi connectivity index (χ1n) is 7.31. The highest BCUT2D eigenvalue weighted by molar-refractivity contribution is 7.18. The maximum Gasteiger partial charge on any atom is 0.223 e. The second-order valence-electron chi connectivity index (χ2n) is 5.21. The molecule has 4 nitrogen and oxygen atoms in total. The van der Waals surface area contributed by atoms with Gasteiger partial charge in [-0.2, -0.15) is 0 Å². The van der Waals surface area contributed by atoms with E-state index in [2.05, 4.69) is 10.3 Å². The van der Waals surface area contributed by atoms with Crippen molar-refractivity contribution in [1.82, 2.24) is 4.98 Å². The molecule has 24 heavy (non-hydrogen) atoms. The molecule has 3 aromatic rings. The van der Waals surface area contributed by atoms with Gasteiger partial charge >= 0.3 is 0 Å². The van der Waals surface area contributed by atoms with E-state index in [0.717, 1.165) is 5.56 Å². The monoisotopic (exact) mass is 342 g/mol. The maximum atomic E-state index is 13.2. The lowest BCUT2D eigenvalue weighted by Crippen LogP contribution is -2.04. The average Bonchev–Trinajstić information content (AvgIpc) is 2.92. The zero-order valence-electron chi connectivity index (χ0n) is 13.2. The Hall–Kier alpha value is -2.73. The molecule has 0 spiro atoms. The fourth-order valence-electron chi connectivity index (χ4n) is 2.14. The summed E-state index contributed by atoms with van der Waals surface area (Å²) in [6.45, 7) is 3.36. The number of para-hydroxylation sites is 1. The number of anilines is 1. The summed E-state index contributed by atoms with van der Waals surface area (Å²) in [6, 6.07) is 13.6. The van der Waals surface area contributed by atoms with Gasteiger partial charge in [-0.3, -0.25) is 4.79 Å². The molecule has 6 heteroatoms. The van der Waals surface area contributed by atoms with Gasteiger partial charge in [0.05, 0.1) is 0 Å². The number of thiazole rings is 1. The van der Waals surface area contributed by atoms with Crippen molar-refractivity contribution in [3.63, 3.8) is 0 Å². The van der Waals surface area contributed by atoms with Crippen molar-refractivity contribution in [2.24, 2.45) is 0 Å². The molecule has 2 aromatic carbocycles. The Morgan fingerprint density at radius 2 is 1.88 bits per heavy atom. The molecule has 0 aliphatic carbocycles. The van der Waals surface area contributed by atoms with Crippen LogP contribution >= 0.6 is 11.3 Å². The Labute approximate surface area is 142 Å². The highest BCUT2D eigenvalue weighted by Crippen LogP contribution is 2.41. The van der Waals surface area contributed by atoms with E-state index >= 15 is 0 Å². The van der Waals surface area contributed by atoms with Crippen molar-refractivity contribution < 1.29 is 13.9 Å². The van der Waals surface area contributed by atoms with E-state index in [9.17, 15) is 9.18 Å². The van der Waals surface area contributed by atoms with Crippen LogP contribution < -0.4 is 10.1 Å². The molecular weight excluding hydrogens is 327 g/mol. The number of carbonyl (C=O) groups excluding carboxylic acids is 1. The molecule has 1 amide bonds. The Morgan fingerprint density at radius 1 is 1.17 bits per heavy atom. The number of benzene rings is 2. The normalized spacial score (nSPS) is 10.5. The van der Waals surface area contributed by atoms with E-state index < -0.39 is 0 Å². The van der Waals surface area contributed by atoms with Crippen molar-refractivity contribution in [3.05, 3.63) is 59.9 Å². The van der Waals surface area contributed by atoms with E-state index in [-0.39, 0.29) is 11.7 Å². The highest BCUT2D eigenvalue weighted by Gasteiger charge is 2.17. The van der Waals surface area contributed by atoms with Crippen molar-refractivity contribution in [3.8, 4) is 22.1 Å². The SMILES string of the molecule is CC(=O)Nc1nc(-c2ccc(F)cc2)c(Oc2ccccc2C)s1. The molecule has 0 saturated heterocycles. The molecule has 0 radical (unpaired) electrons. The summed E-state index contributed by atoms with van der Waals surface area (Å²) >= 11 is 1.23. The molecule has 3 rings (SSSR count). The molecule has 122 valence electrons. The van der Waals surface area contributed by atoms with Crippen LogP contribution in [0.4, 0.5) is 9.52 Å². The van der Waals surface area contributed by atoms with Gasteiger partial charge in [0.1, 0.15) is 17.3 Å². The number of halogens is 1. The third-order valence-electron chi connectivity index (χ3n) is 3.29. The van der Waals surface area contributed by atoms with Gasteiger partial charge in [0.25, 0.3) is 0 Å². The molecule has 0 fully saturated rings. The van der Waals surface area contributed by atoms with Gasteiger partial charge in [-0.05, 0) is 42.8 Å². The van der Waals surface area contributed by atoms with Crippen LogP contribution in [0, 0.1) is 12.7 Å². The van der Waals surface area contributed by atoms with E-state index in [1.807, 2.05) is 31.2 Å². The standard InChI is InChI=1S/C18H15FN2O2S/c1-11-5-3-4-6-15(11)23-17-16(13-7-9-14(19)10-8-13)21-18(24-17)20-12(2)22/h3-10H,1-2H3,(H,20,21,22). The second-order valence-corrected chi connectivity index (χ2v) is 6.17. The van der Waals surface area contributed by atoms with Crippen LogP contribution in [0.3, 0.4) is 0 Å². The van der Waals surface area contributed by atoms with Gasteiger partial charge < -0.3 is 10.1 Å². The summed E-state index contributed by atoms with van der Waals surface area (Å²) in [7, 11) is 0. The predicted octanol–water partition coefficient (Wildman–Crippen LogP) is 5.01. The molecule has 0 atom stereocenters. The number of hydrogen-bond acceptors (Lipinski definition) is 4. The first-order chi connectivity index (χ1) is 11.5. The molecule has 1 heterocycles.